The van der Waals surface area contributed by atoms with Gasteiger partial charge in [-0.1, -0.05) is 46.3 Å². The van der Waals surface area contributed by atoms with Crippen LogP contribution in [0.15, 0.2) is 11.6 Å². The molecular weight excluding hydrogens is 156 g/mol. The van der Waals surface area contributed by atoms with Crippen LogP contribution in [0.4, 0.5) is 0 Å². The Labute approximate surface area is 83.4 Å². The molecule has 0 nitrogen and oxygen atoms in total. The molecule has 0 heterocycles. The third-order valence-electron chi connectivity index (χ3n) is 3.99. The lowest BCUT2D eigenvalue weighted by molar-refractivity contribution is -0.00777. The maximum Gasteiger partial charge on any atom is -0.0146 e. The summed E-state index contributed by atoms with van der Waals surface area (Å²) in [6.45, 7) is 11.2. The van der Waals surface area contributed by atoms with Gasteiger partial charge in [-0.05, 0) is 36.5 Å². The van der Waals surface area contributed by atoms with Gasteiger partial charge in [0.25, 0.3) is 0 Å². The summed E-state index contributed by atoms with van der Waals surface area (Å²) in [5.74, 6) is 1.94. The van der Waals surface area contributed by atoms with E-state index in [0.717, 1.165) is 11.8 Å². The molecule has 2 unspecified atom stereocenters. The van der Waals surface area contributed by atoms with Crippen molar-refractivity contribution in [3.05, 3.63) is 11.6 Å². The highest BCUT2D eigenvalue weighted by Gasteiger charge is 2.50. The van der Waals surface area contributed by atoms with Crippen LogP contribution < -0.4 is 0 Å². The van der Waals surface area contributed by atoms with Crippen molar-refractivity contribution in [3.63, 3.8) is 0 Å². The van der Waals surface area contributed by atoms with E-state index in [2.05, 4.69) is 26.8 Å². The van der Waals surface area contributed by atoms with Crippen molar-refractivity contribution in [1.29, 1.82) is 0 Å². The van der Waals surface area contributed by atoms with Crippen molar-refractivity contribution in [2.24, 2.45) is 17.3 Å². The first-order valence-corrected chi connectivity index (χ1v) is 5.85. The van der Waals surface area contributed by atoms with Crippen LogP contribution in [0, 0.1) is 17.3 Å². The second-order valence-electron chi connectivity index (χ2n) is 4.67. The van der Waals surface area contributed by atoms with Gasteiger partial charge in [0.05, 0.1) is 0 Å². The molecule has 1 fully saturated rings. The third kappa shape index (κ3) is 1.56. The Morgan fingerprint density at radius 1 is 1.38 bits per heavy atom. The predicted molar refractivity (Wildman–Crippen MR) is 59.7 cm³/mol. The fraction of sp³-hybridized carbons (Fsp3) is 0.846. The highest BCUT2D eigenvalue weighted by Crippen LogP contribution is 2.59. The Balaban J connectivity index is 0.000000396. The van der Waals surface area contributed by atoms with Crippen LogP contribution in [0.1, 0.15) is 53.9 Å². The smallest absolute Gasteiger partial charge is 0.0146 e. The maximum atomic E-state index is 2.49. The van der Waals surface area contributed by atoms with E-state index < -0.39 is 0 Å². The van der Waals surface area contributed by atoms with Crippen molar-refractivity contribution >= 4 is 0 Å². The largest absolute Gasteiger partial charge is 0.0847 e. The number of hydrogen-bond acceptors (Lipinski definition) is 0. The van der Waals surface area contributed by atoms with Crippen molar-refractivity contribution < 1.29 is 0 Å². The number of rotatable bonds is 1. The molecule has 2 atom stereocenters. The van der Waals surface area contributed by atoms with Gasteiger partial charge in [-0.2, -0.15) is 0 Å². The minimum atomic E-state index is 0.639. The minimum Gasteiger partial charge on any atom is -0.0847 e. The molecule has 2 bridgehead atoms. The molecule has 0 aromatic carbocycles. The van der Waals surface area contributed by atoms with E-state index in [4.69, 9.17) is 0 Å². The molecular formula is C13H24. The molecule has 0 radical (unpaired) electrons. The molecule has 0 heteroatoms. The summed E-state index contributed by atoms with van der Waals surface area (Å²) in [5.41, 5.74) is 2.37. The van der Waals surface area contributed by atoms with Crippen LogP contribution in [0.25, 0.3) is 0 Å². The van der Waals surface area contributed by atoms with Crippen LogP contribution in [-0.2, 0) is 0 Å². The first-order valence-electron chi connectivity index (χ1n) is 5.85. The Bertz CT molecular complexity index is 198. The zero-order valence-electron chi connectivity index (χ0n) is 9.85. The Hall–Kier alpha value is -0.260. The molecule has 0 saturated heterocycles. The van der Waals surface area contributed by atoms with E-state index in [-0.39, 0.29) is 0 Å². The monoisotopic (exact) mass is 180 g/mol. The quantitative estimate of drug-likeness (QED) is 0.524. The highest BCUT2D eigenvalue weighted by atomic mass is 14.5. The average molecular weight is 180 g/mol. The summed E-state index contributed by atoms with van der Waals surface area (Å²) < 4.78 is 0. The maximum absolute atomic E-state index is 2.49. The zero-order chi connectivity index (χ0) is 10.1. The van der Waals surface area contributed by atoms with Gasteiger partial charge in [0.2, 0.25) is 0 Å². The lowest BCUT2D eigenvalue weighted by Gasteiger charge is -2.56. The lowest BCUT2D eigenvalue weighted by atomic mass is 9.48. The Morgan fingerprint density at radius 3 is 2.31 bits per heavy atom. The topological polar surface area (TPSA) is 0 Å². The normalized spacial score (nSPS) is 33.8. The van der Waals surface area contributed by atoms with Crippen molar-refractivity contribution in [3.8, 4) is 0 Å². The molecule has 3 aliphatic rings. The van der Waals surface area contributed by atoms with Crippen LogP contribution in [0.2, 0.25) is 0 Å². The summed E-state index contributed by atoms with van der Waals surface area (Å²) in [6, 6.07) is 0. The molecule has 0 aromatic rings. The van der Waals surface area contributed by atoms with Crippen LogP contribution in [0.5, 0.6) is 0 Å². The Kier molecular flexibility index (Phi) is 3.21. The molecule has 3 rings (SSSR count). The second-order valence-corrected chi connectivity index (χ2v) is 4.67. The van der Waals surface area contributed by atoms with E-state index in [9.17, 15) is 0 Å². The molecule has 3 aliphatic carbocycles. The van der Waals surface area contributed by atoms with Gasteiger partial charge in [-0.15, -0.1) is 0 Å². The molecule has 0 aromatic heterocycles. The van der Waals surface area contributed by atoms with Crippen LogP contribution in [0.3, 0.4) is 0 Å². The summed E-state index contributed by atoms with van der Waals surface area (Å²) >= 11 is 0. The van der Waals surface area contributed by atoms with E-state index in [0.29, 0.717) is 5.41 Å². The summed E-state index contributed by atoms with van der Waals surface area (Å²) in [5, 5.41) is 0. The minimum absolute atomic E-state index is 0.639. The molecule has 0 N–H and O–H groups in total. The van der Waals surface area contributed by atoms with Crippen molar-refractivity contribution in [2.45, 2.75) is 53.9 Å². The highest BCUT2D eigenvalue weighted by molar-refractivity contribution is 5.22. The van der Waals surface area contributed by atoms with E-state index in [1.807, 2.05) is 13.8 Å². The number of hydrogen-bond donors (Lipinski definition) is 0. The van der Waals surface area contributed by atoms with Gasteiger partial charge in [0, 0.05) is 0 Å². The fourth-order valence-electron chi connectivity index (χ4n) is 2.87. The molecule has 0 aliphatic heterocycles. The zero-order valence-corrected chi connectivity index (χ0v) is 9.85. The predicted octanol–water partition coefficient (Wildman–Crippen LogP) is 4.42. The van der Waals surface area contributed by atoms with Crippen LogP contribution >= 0.6 is 0 Å². The summed E-state index contributed by atoms with van der Waals surface area (Å²) in [4.78, 5) is 0. The second kappa shape index (κ2) is 3.86. The van der Waals surface area contributed by atoms with E-state index in [1.165, 1.54) is 19.3 Å². The van der Waals surface area contributed by atoms with Crippen LogP contribution in [-0.4, -0.2) is 0 Å². The van der Waals surface area contributed by atoms with Crippen molar-refractivity contribution in [1.82, 2.24) is 0 Å². The van der Waals surface area contributed by atoms with Gasteiger partial charge in [0.1, 0.15) is 0 Å². The van der Waals surface area contributed by atoms with E-state index in [1.54, 1.807) is 5.57 Å². The molecule has 0 spiro atoms. The number of fused-ring (bicyclic) bond motifs is 1. The Morgan fingerprint density at radius 2 is 2.00 bits per heavy atom. The average Bonchev–Trinajstić information content (AvgIpc) is 2.20. The van der Waals surface area contributed by atoms with Crippen molar-refractivity contribution in [2.75, 3.05) is 0 Å². The molecule has 13 heavy (non-hydrogen) atoms. The molecule has 76 valence electrons. The van der Waals surface area contributed by atoms with Gasteiger partial charge in [0.15, 0.2) is 0 Å². The van der Waals surface area contributed by atoms with Gasteiger partial charge >= 0.3 is 0 Å². The standard InChI is InChI=1S/C11H18.C2H6/c1-4-8-5-6-9-7-10(8)11(9,2)3;1-2/h5,9-10H,4,6-7H2,1-3H3;1-2H3. The molecule has 0 amide bonds. The summed E-state index contributed by atoms with van der Waals surface area (Å²) in [7, 11) is 0. The lowest BCUT2D eigenvalue weighted by Crippen LogP contribution is -2.47. The van der Waals surface area contributed by atoms with Gasteiger partial charge < -0.3 is 0 Å². The first-order chi connectivity index (χ1) is 6.16. The summed E-state index contributed by atoms with van der Waals surface area (Å²) in [6.07, 6.45) is 6.60. The third-order valence-corrected chi connectivity index (χ3v) is 3.99. The van der Waals surface area contributed by atoms with Gasteiger partial charge in [-0.25, -0.2) is 0 Å². The van der Waals surface area contributed by atoms with E-state index >= 15 is 0 Å². The number of allylic oxidation sites excluding steroid dienone is 2. The fourth-order valence-corrected chi connectivity index (χ4v) is 2.87. The van der Waals surface area contributed by atoms with Gasteiger partial charge in [-0.3, -0.25) is 0 Å². The first kappa shape index (κ1) is 10.8. The SMILES string of the molecule is CC.CCC1=CCC2CC1C2(C)C. The molecule has 1 saturated carbocycles.